The predicted molar refractivity (Wildman–Crippen MR) is 138 cm³/mol. The maximum atomic E-state index is 5.79. The second kappa shape index (κ2) is 21.9. The van der Waals surface area contributed by atoms with E-state index in [1.165, 1.54) is 103 Å². The zero-order chi connectivity index (χ0) is 23.2. The zero-order valence-corrected chi connectivity index (χ0v) is 23.2. The monoisotopic (exact) mass is 459 g/mol. The quantitative estimate of drug-likeness (QED) is 0.109. The van der Waals surface area contributed by atoms with Crippen LogP contribution in [0.15, 0.2) is 0 Å². The molecule has 0 amide bonds. The van der Waals surface area contributed by atoms with Crippen molar-refractivity contribution < 1.29 is 13.3 Å². The van der Waals surface area contributed by atoms with Gasteiger partial charge in [0.1, 0.15) is 0 Å². The Labute approximate surface area is 197 Å². The molecule has 0 aliphatic heterocycles. The number of nitrogens with zero attached hydrogens (tertiary/aromatic N) is 1. The summed E-state index contributed by atoms with van der Waals surface area (Å²) in [6.45, 7) is 3.34. The molecule has 0 rings (SSSR count). The Bertz CT molecular complexity index is 356. The van der Waals surface area contributed by atoms with Gasteiger partial charge in [0.25, 0.3) is 0 Å². The van der Waals surface area contributed by atoms with Crippen LogP contribution >= 0.6 is 0 Å². The van der Waals surface area contributed by atoms with Gasteiger partial charge >= 0.3 is 8.80 Å². The Balaban J connectivity index is 3.72. The van der Waals surface area contributed by atoms with Gasteiger partial charge in [-0.25, -0.2) is 0 Å². The smallest absolute Gasteiger partial charge is 0.377 e. The second-order valence-electron chi connectivity index (χ2n) is 9.60. The van der Waals surface area contributed by atoms with E-state index in [0.29, 0.717) is 5.54 Å². The van der Waals surface area contributed by atoms with Crippen molar-refractivity contribution in [1.82, 2.24) is 4.90 Å². The van der Waals surface area contributed by atoms with Gasteiger partial charge in [0, 0.05) is 26.9 Å². The maximum Gasteiger partial charge on any atom is 0.503 e. The van der Waals surface area contributed by atoms with Crippen LogP contribution < -0.4 is 0 Å². The van der Waals surface area contributed by atoms with Gasteiger partial charge < -0.3 is 18.2 Å². The molecule has 0 saturated heterocycles. The van der Waals surface area contributed by atoms with Crippen molar-refractivity contribution in [2.75, 3.05) is 42.0 Å². The van der Waals surface area contributed by atoms with E-state index < -0.39 is 8.80 Å². The van der Waals surface area contributed by atoms with Gasteiger partial charge in [-0.15, -0.1) is 0 Å². The van der Waals surface area contributed by atoms with Gasteiger partial charge in [0.05, 0.1) is 0 Å². The topological polar surface area (TPSA) is 30.9 Å². The fraction of sp³-hybridized carbons (Fsp3) is 1.00. The van der Waals surface area contributed by atoms with E-state index in [-0.39, 0.29) is 0 Å². The van der Waals surface area contributed by atoms with Gasteiger partial charge in [0.2, 0.25) is 0 Å². The molecule has 5 heteroatoms. The van der Waals surface area contributed by atoms with E-state index >= 15 is 0 Å². The molecular weight excluding hydrogens is 402 g/mol. The highest BCUT2D eigenvalue weighted by atomic mass is 28.4. The molecule has 0 heterocycles. The molecule has 0 radical (unpaired) electrons. The van der Waals surface area contributed by atoms with E-state index in [1.54, 1.807) is 21.3 Å². The van der Waals surface area contributed by atoms with E-state index in [9.17, 15) is 0 Å². The zero-order valence-electron chi connectivity index (χ0n) is 22.2. The van der Waals surface area contributed by atoms with Crippen LogP contribution in [0.4, 0.5) is 0 Å². The highest BCUT2D eigenvalue weighted by Crippen LogP contribution is 2.33. The average molecular weight is 460 g/mol. The Morgan fingerprint density at radius 3 is 1.23 bits per heavy atom. The van der Waals surface area contributed by atoms with E-state index in [4.69, 9.17) is 13.3 Å². The molecule has 1 unspecified atom stereocenters. The van der Waals surface area contributed by atoms with Crippen molar-refractivity contribution >= 4 is 8.80 Å². The lowest BCUT2D eigenvalue weighted by Gasteiger charge is -2.33. The summed E-state index contributed by atoms with van der Waals surface area (Å²) in [5.74, 6) is 0. The van der Waals surface area contributed by atoms with E-state index in [0.717, 1.165) is 19.4 Å². The second-order valence-corrected chi connectivity index (χ2v) is 12.8. The summed E-state index contributed by atoms with van der Waals surface area (Å²) in [6.07, 6.45) is 24.8. The molecule has 0 aliphatic rings. The fourth-order valence-electron chi connectivity index (χ4n) is 4.60. The largest absolute Gasteiger partial charge is 0.503 e. The number of hydrogen-bond donors (Lipinski definition) is 0. The Hall–Kier alpha value is 0.0569. The lowest BCUT2D eigenvalue weighted by atomic mass is 10.0. The van der Waals surface area contributed by atoms with E-state index in [1.807, 2.05) is 0 Å². The van der Waals surface area contributed by atoms with Gasteiger partial charge in [-0.05, 0) is 33.5 Å². The SMILES string of the molecule is CCCCCCCCCCCCCCCCCCC(CCN(C)C)[Si](OC)(OC)OC. The lowest BCUT2D eigenvalue weighted by molar-refractivity contribution is 0.106. The average Bonchev–Trinajstić information content (AvgIpc) is 2.77. The van der Waals surface area contributed by atoms with Gasteiger partial charge in [-0.2, -0.15) is 0 Å². The molecule has 31 heavy (non-hydrogen) atoms. The van der Waals surface area contributed by atoms with Crippen LogP contribution in [0.2, 0.25) is 5.54 Å². The Morgan fingerprint density at radius 1 is 0.548 bits per heavy atom. The number of unbranched alkanes of at least 4 members (excludes halogenated alkanes) is 15. The summed E-state index contributed by atoms with van der Waals surface area (Å²) in [5.41, 5.74) is 0.390. The van der Waals surface area contributed by atoms with Crippen LogP contribution in [0.1, 0.15) is 122 Å². The summed E-state index contributed by atoms with van der Waals surface area (Å²) in [5, 5.41) is 0. The van der Waals surface area contributed by atoms with Crippen molar-refractivity contribution in [3.63, 3.8) is 0 Å². The van der Waals surface area contributed by atoms with Crippen LogP contribution in [0, 0.1) is 0 Å². The first-order chi connectivity index (χ1) is 15.1. The molecule has 188 valence electrons. The van der Waals surface area contributed by atoms with Crippen LogP contribution in [-0.2, 0) is 13.3 Å². The first-order valence-corrected chi connectivity index (χ1v) is 15.2. The summed E-state index contributed by atoms with van der Waals surface area (Å²) in [4.78, 5) is 2.24. The molecule has 0 aromatic rings. The molecule has 1 atom stereocenters. The predicted octanol–water partition coefficient (Wildman–Crippen LogP) is 7.84. The van der Waals surface area contributed by atoms with Crippen LogP contribution in [0.3, 0.4) is 0 Å². The molecule has 0 aromatic carbocycles. The number of rotatable bonds is 24. The maximum absolute atomic E-state index is 5.79. The summed E-state index contributed by atoms with van der Waals surface area (Å²) in [6, 6.07) is 0. The third-order valence-corrected chi connectivity index (χ3v) is 9.97. The molecule has 0 fully saturated rings. The Kier molecular flexibility index (Phi) is 21.9. The van der Waals surface area contributed by atoms with Crippen molar-refractivity contribution in [2.24, 2.45) is 0 Å². The summed E-state index contributed by atoms with van der Waals surface area (Å²) < 4.78 is 17.4. The molecule has 0 spiro atoms. The van der Waals surface area contributed by atoms with Gasteiger partial charge in [0.15, 0.2) is 0 Å². The van der Waals surface area contributed by atoms with Gasteiger partial charge in [-0.3, -0.25) is 0 Å². The minimum absolute atomic E-state index is 0.390. The molecule has 0 saturated carbocycles. The fourth-order valence-corrected chi connectivity index (χ4v) is 7.14. The third kappa shape index (κ3) is 16.3. The van der Waals surface area contributed by atoms with E-state index in [2.05, 4.69) is 25.9 Å². The van der Waals surface area contributed by atoms with Crippen LogP contribution in [-0.4, -0.2) is 55.7 Å². The van der Waals surface area contributed by atoms with Gasteiger partial charge in [-0.1, -0.05) is 110 Å². The van der Waals surface area contributed by atoms with Crippen molar-refractivity contribution in [3.8, 4) is 0 Å². The van der Waals surface area contributed by atoms with Crippen molar-refractivity contribution in [3.05, 3.63) is 0 Å². The van der Waals surface area contributed by atoms with Crippen LogP contribution in [0.5, 0.6) is 0 Å². The summed E-state index contributed by atoms with van der Waals surface area (Å²) in [7, 11) is 6.94. The molecule has 0 aliphatic carbocycles. The minimum atomic E-state index is -2.55. The van der Waals surface area contributed by atoms with Crippen molar-refractivity contribution in [1.29, 1.82) is 0 Å². The molecular formula is C26H57NO3Si. The first kappa shape index (κ1) is 31.1. The lowest BCUT2D eigenvalue weighted by Crippen LogP contribution is -2.48. The highest BCUT2D eigenvalue weighted by Gasteiger charge is 2.46. The third-order valence-electron chi connectivity index (χ3n) is 6.68. The van der Waals surface area contributed by atoms with Crippen molar-refractivity contribution in [2.45, 2.75) is 128 Å². The minimum Gasteiger partial charge on any atom is -0.377 e. The molecule has 0 bridgehead atoms. The Morgan fingerprint density at radius 2 is 0.903 bits per heavy atom. The summed E-state index contributed by atoms with van der Waals surface area (Å²) >= 11 is 0. The normalized spacial score (nSPS) is 13.3. The highest BCUT2D eigenvalue weighted by molar-refractivity contribution is 6.62. The van der Waals surface area contributed by atoms with Crippen LogP contribution in [0.25, 0.3) is 0 Å². The first-order valence-electron chi connectivity index (χ1n) is 13.4. The standard InChI is InChI=1S/C26H57NO3Si/c1-7-8-9-10-11-12-13-14-15-16-17-18-19-20-21-22-23-26(24-25-27(2)3)31(28-4,29-5)30-6/h26H,7-25H2,1-6H3. The molecule has 4 nitrogen and oxygen atoms in total. The molecule has 0 N–H and O–H groups in total. The number of hydrogen-bond acceptors (Lipinski definition) is 4. The molecule has 0 aromatic heterocycles.